The van der Waals surface area contributed by atoms with Gasteiger partial charge in [-0.2, -0.15) is 0 Å². The summed E-state index contributed by atoms with van der Waals surface area (Å²) in [6.07, 6.45) is 2.19. The van der Waals surface area contributed by atoms with E-state index in [2.05, 4.69) is 32.2 Å². The van der Waals surface area contributed by atoms with Gasteiger partial charge in [0.1, 0.15) is 0 Å². The Kier molecular flexibility index (Phi) is 8.12. The van der Waals surface area contributed by atoms with Crippen molar-refractivity contribution in [2.75, 3.05) is 19.8 Å². The van der Waals surface area contributed by atoms with Gasteiger partial charge in [-0.05, 0) is 38.3 Å². The van der Waals surface area contributed by atoms with E-state index >= 15 is 0 Å². The van der Waals surface area contributed by atoms with Crippen molar-refractivity contribution in [2.45, 2.75) is 47.1 Å². The van der Waals surface area contributed by atoms with Gasteiger partial charge in [-0.25, -0.2) is 0 Å². The van der Waals surface area contributed by atoms with E-state index < -0.39 is 0 Å². The lowest BCUT2D eigenvalue weighted by atomic mass is 10.1. The Balaban J connectivity index is 2.76. The maximum atomic E-state index is 6.00. The second kappa shape index (κ2) is 9.65. The van der Waals surface area contributed by atoms with Gasteiger partial charge in [0, 0.05) is 12.1 Å². The van der Waals surface area contributed by atoms with Crippen LogP contribution in [0, 0.1) is 5.92 Å². The van der Waals surface area contributed by atoms with Crippen LogP contribution in [0.15, 0.2) is 18.2 Å². The summed E-state index contributed by atoms with van der Waals surface area (Å²) in [6, 6.07) is 6.12. The highest BCUT2D eigenvalue weighted by Crippen LogP contribution is 2.31. The molecule has 1 N–H and O–H groups in total. The number of benzene rings is 1. The summed E-state index contributed by atoms with van der Waals surface area (Å²) in [5.74, 6) is 2.40. The molecule has 20 heavy (non-hydrogen) atoms. The molecule has 0 saturated carbocycles. The molecule has 0 amide bonds. The lowest BCUT2D eigenvalue weighted by Crippen LogP contribution is -2.15. The third-order valence-electron chi connectivity index (χ3n) is 3.04. The first-order valence-electron chi connectivity index (χ1n) is 7.77. The highest BCUT2D eigenvalue weighted by molar-refractivity contribution is 5.46. The van der Waals surface area contributed by atoms with Crippen LogP contribution in [0.5, 0.6) is 11.5 Å². The minimum atomic E-state index is 0.649. The molecular weight excluding hydrogens is 250 g/mol. The molecule has 1 rings (SSSR count). The average Bonchev–Trinajstić information content (AvgIpc) is 2.41. The molecule has 0 heterocycles. The van der Waals surface area contributed by atoms with Crippen molar-refractivity contribution in [2.24, 2.45) is 5.92 Å². The van der Waals surface area contributed by atoms with Crippen LogP contribution in [0.1, 0.15) is 46.1 Å². The zero-order chi connectivity index (χ0) is 14.8. The van der Waals surface area contributed by atoms with Crippen LogP contribution in [0.3, 0.4) is 0 Å². The van der Waals surface area contributed by atoms with E-state index in [0.717, 1.165) is 44.0 Å². The monoisotopic (exact) mass is 279 g/mol. The topological polar surface area (TPSA) is 30.5 Å². The van der Waals surface area contributed by atoms with E-state index in [-0.39, 0.29) is 0 Å². The SMILES string of the molecule is CCCNCc1cccc(OCC)c1OCCC(C)C. The Bertz CT molecular complexity index is 377. The third-order valence-corrected chi connectivity index (χ3v) is 3.04. The van der Waals surface area contributed by atoms with Crippen LogP contribution in [0.2, 0.25) is 0 Å². The molecule has 0 radical (unpaired) electrons. The Morgan fingerprint density at radius 2 is 1.95 bits per heavy atom. The molecule has 1 aromatic rings. The largest absolute Gasteiger partial charge is 0.490 e. The molecule has 0 spiro atoms. The molecule has 0 aliphatic carbocycles. The number of rotatable bonds is 10. The Morgan fingerprint density at radius 1 is 1.15 bits per heavy atom. The minimum absolute atomic E-state index is 0.649. The second-order valence-corrected chi connectivity index (χ2v) is 5.39. The molecule has 1 aromatic carbocycles. The molecule has 0 aromatic heterocycles. The summed E-state index contributed by atoms with van der Waals surface area (Å²) in [4.78, 5) is 0. The molecule has 3 heteroatoms. The fourth-order valence-corrected chi connectivity index (χ4v) is 1.93. The van der Waals surface area contributed by atoms with E-state index in [1.165, 1.54) is 5.56 Å². The van der Waals surface area contributed by atoms with Crippen LogP contribution >= 0.6 is 0 Å². The summed E-state index contributed by atoms with van der Waals surface area (Å²) >= 11 is 0. The zero-order valence-corrected chi connectivity index (χ0v) is 13.4. The lowest BCUT2D eigenvalue weighted by Gasteiger charge is -2.17. The lowest BCUT2D eigenvalue weighted by molar-refractivity contribution is 0.258. The van der Waals surface area contributed by atoms with E-state index in [9.17, 15) is 0 Å². The number of hydrogen-bond acceptors (Lipinski definition) is 3. The first-order chi connectivity index (χ1) is 9.69. The van der Waals surface area contributed by atoms with Crippen molar-refractivity contribution in [3.05, 3.63) is 23.8 Å². The molecule has 114 valence electrons. The fourth-order valence-electron chi connectivity index (χ4n) is 1.93. The summed E-state index contributed by atoms with van der Waals surface area (Å²) in [7, 11) is 0. The summed E-state index contributed by atoms with van der Waals surface area (Å²) in [5, 5.41) is 3.42. The summed E-state index contributed by atoms with van der Waals surface area (Å²) < 4.78 is 11.7. The number of nitrogens with one attached hydrogen (secondary N) is 1. The van der Waals surface area contributed by atoms with Crippen LogP contribution in [-0.4, -0.2) is 19.8 Å². The Morgan fingerprint density at radius 3 is 2.60 bits per heavy atom. The van der Waals surface area contributed by atoms with Crippen molar-refractivity contribution < 1.29 is 9.47 Å². The van der Waals surface area contributed by atoms with Gasteiger partial charge in [0.15, 0.2) is 11.5 Å². The standard InChI is InChI=1S/C17H29NO2/c1-5-11-18-13-15-8-7-9-16(19-6-2)17(15)20-12-10-14(3)4/h7-9,14,18H,5-6,10-13H2,1-4H3. The Labute approximate surface area is 123 Å². The van der Waals surface area contributed by atoms with Crippen LogP contribution in [0.4, 0.5) is 0 Å². The van der Waals surface area contributed by atoms with Crippen molar-refractivity contribution in [1.29, 1.82) is 0 Å². The van der Waals surface area contributed by atoms with E-state index in [1.807, 2.05) is 19.1 Å². The Hall–Kier alpha value is -1.22. The summed E-state index contributed by atoms with van der Waals surface area (Å²) in [5.41, 5.74) is 1.17. The smallest absolute Gasteiger partial charge is 0.165 e. The van der Waals surface area contributed by atoms with E-state index in [1.54, 1.807) is 0 Å². The van der Waals surface area contributed by atoms with Gasteiger partial charge in [-0.1, -0.05) is 32.9 Å². The highest BCUT2D eigenvalue weighted by Gasteiger charge is 2.11. The molecule has 0 aliphatic heterocycles. The quantitative estimate of drug-likeness (QED) is 0.656. The zero-order valence-electron chi connectivity index (χ0n) is 13.4. The maximum absolute atomic E-state index is 6.00. The molecule has 0 fully saturated rings. The first kappa shape index (κ1) is 16.8. The van der Waals surface area contributed by atoms with Gasteiger partial charge in [0.25, 0.3) is 0 Å². The van der Waals surface area contributed by atoms with Gasteiger partial charge in [-0.15, -0.1) is 0 Å². The molecule has 0 bridgehead atoms. The maximum Gasteiger partial charge on any atom is 0.165 e. The average molecular weight is 279 g/mol. The molecular formula is C17H29NO2. The van der Waals surface area contributed by atoms with Crippen LogP contribution < -0.4 is 14.8 Å². The van der Waals surface area contributed by atoms with Crippen molar-refractivity contribution in [3.63, 3.8) is 0 Å². The molecule has 0 saturated heterocycles. The van der Waals surface area contributed by atoms with Gasteiger partial charge in [0.2, 0.25) is 0 Å². The van der Waals surface area contributed by atoms with Gasteiger partial charge in [0.05, 0.1) is 13.2 Å². The van der Waals surface area contributed by atoms with E-state index in [0.29, 0.717) is 12.5 Å². The van der Waals surface area contributed by atoms with Gasteiger partial charge < -0.3 is 14.8 Å². The number of ether oxygens (including phenoxy) is 2. The summed E-state index contributed by atoms with van der Waals surface area (Å²) in [6.45, 7) is 11.8. The highest BCUT2D eigenvalue weighted by atomic mass is 16.5. The fraction of sp³-hybridized carbons (Fsp3) is 0.647. The predicted octanol–water partition coefficient (Wildman–Crippen LogP) is 4.01. The number of para-hydroxylation sites is 1. The molecule has 0 atom stereocenters. The van der Waals surface area contributed by atoms with Gasteiger partial charge >= 0.3 is 0 Å². The minimum Gasteiger partial charge on any atom is -0.490 e. The predicted molar refractivity (Wildman–Crippen MR) is 84.6 cm³/mol. The van der Waals surface area contributed by atoms with E-state index in [4.69, 9.17) is 9.47 Å². The normalized spacial score (nSPS) is 10.8. The van der Waals surface area contributed by atoms with Crippen LogP contribution in [-0.2, 0) is 6.54 Å². The molecule has 3 nitrogen and oxygen atoms in total. The molecule has 0 unspecified atom stereocenters. The van der Waals surface area contributed by atoms with Gasteiger partial charge in [-0.3, -0.25) is 0 Å². The molecule has 0 aliphatic rings. The first-order valence-corrected chi connectivity index (χ1v) is 7.77. The van der Waals surface area contributed by atoms with Crippen LogP contribution in [0.25, 0.3) is 0 Å². The van der Waals surface area contributed by atoms with Crippen molar-refractivity contribution >= 4 is 0 Å². The third kappa shape index (κ3) is 5.83. The van der Waals surface area contributed by atoms with Crippen molar-refractivity contribution in [1.82, 2.24) is 5.32 Å². The number of hydrogen-bond donors (Lipinski definition) is 1. The second-order valence-electron chi connectivity index (χ2n) is 5.39. The van der Waals surface area contributed by atoms with Crippen molar-refractivity contribution in [3.8, 4) is 11.5 Å².